The molecule has 98 valence electrons. The summed E-state index contributed by atoms with van der Waals surface area (Å²) in [5.41, 5.74) is 6.88. The minimum absolute atomic E-state index is 0.0494. The molecule has 0 radical (unpaired) electrons. The molecular formula is C13H19N3O2. The van der Waals surface area contributed by atoms with Gasteiger partial charge in [0.1, 0.15) is 5.69 Å². The largest absolute Gasteiger partial charge is 0.397 e. The van der Waals surface area contributed by atoms with Gasteiger partial charge in [-0.25, -0.2) is 0 Å². The number of carbonyl (C=O) groups excluding carboxylic acids is 1. The van der Waals surface area contributed by atoms with E-state index >= 15 is 0 Å². The quantitative estimate of drug-likeness (QED) is 0.848. The Morgan fingerprint density at radius 1 is 1.61 bits per heavy atom. The smallest absolute Gasteiger partial charge is 0.268 e. The van der Waals surface area contributed by atoms with Gasteiger partial charge in [-0.05, 0) is 32.3 Å². The zero-order chi connectivity index (χ0) is 12.8. The van der Waals surface area contributed by atoms with Crippen LogP contribution in [0.5, 0.6) is 0 Å². The van der Waals surface area contributed by atoms with E-state index in [-0.39, 0.29) is 11.4 Å². The first-order chi connectivity index (χ1) is 8.57. The monoisotopic (exact) mass is 249 g/mol. The van der Waals surface area contributed by atoms with Crippen molar-refractivity contribution in [2.24, 2.45) is 0 Å². The van der Waals surface area contributed by atoms with Crippen molar-refractivity contribution in [3.8, 4) is 0 Å². The average molecular weight is 249 g/mol. The van der Waals surface area contributed by atoms with E-state index in [9.17, 15) is 4.79 Å². The van der Waals surface area contributed by atoms with Gasteiger partial charge in [-0.3, -0.25) is 4.79 Å². The summed E-state index contributed by atoms with van der Waals surface area (Å²) in [5, 5.41) is 3.07. The maximum Gasteiger partial charge on any atom is 0.268 e. The van der Waals surface area contributed by atoms with Crippen molar-refractivity contribution in [1.82, 2.24) is 9.88 Å². The fraction of sp³-hybridized carbons (Fsp3) is 0.615. The molecule has 0 spiro atoms. The number of rotatable bonds is 3. The lowest BCUT2D eigenvalue weighted by molar-refractivity contribution is 0.0880. The summed E-state index contributed by atoms with van der Waals surface area (Å²) in [6.07, 6.45) is 4.99. The first-order valence-electron chi connectivity index (χ1n) is 6.45. The maximum atomic E-state index is 12.3. The highest BCUT2D eigenvalue weighted by atomic mass is 16.5. The zero-order valence-electron chi connectivity index (χ0n) is 10.6. The van der Waals surface area contributed by atoms with Crippen molar-refractivity contribution >= 4 is 11.6 Å². The molecule has 1 aliphatic heterocycles. The van der Waals surface area contributed by atoms with E-state index in [4.69, 9.17) is 10.5 Å². The summed E-state index contributed by atoms with van der Waals surface area (Å²) in [5.74, 6) is -0.0494. The third kappa shape index (κ3) is 2.10. The topological polar surface area (TPSA) is 69.3 Å². The Bertz CT molecular complexity index is 471. The van der Waals surface area contributed by atoms with Gasteiger partial charge < -0.3 is 20.4 Å². The number of aromatic nitrogens is 1. The molecule has 5 heteroatoms. The number of anilines is 1. The van der Waals surface area contributed by atoms with Crippen molar-refractivity contribution in [1.29, 1.82) is 0 Å². The van der Waals surface area contributed by atoms with Gasteiger partial charge in [0.2, 0.25) is 0 Å². The molecule has 1 amide bonds. The lowest BCUT2D eigenvalue weighted by Crippen LogP contribution is -2.46. The van der Waals surface area contributed by atoms with Gasteiger partial charge in [0.05, 0.1) is 17.8 Å². The van der Waals surface area contributed by atoms with Crippen LogP contribution in [0.15, 0.2) is 12.3 Å². The summed E-state index contributed by atoms with van der Waals surface area (Å²) >= 11 is 0. The van der Waals surface area contributed by atoms with Crippen molar-refractivity contribution < 1.29 is 9.53 Å². The second-order valence-electron chi connectivity index (χ2n) is 5.61. The van der Waals surface area contributed by atoms with Crippen molar-refractivity contribution in [3.05, 3.63) is 18.0 Å². The number of ether oxygens (including phenoxy) is 1. The van der Waals surface area contributed by atoms with Crippen LogP contribution >= 0.6 is 0 Å². The molecule has 2 fully saturated rings. The Kier molecular flexibility index (Phi) is 2.59. The summed E-state index contributed by atoms with van der Waals surface area (Å²) in [4.78, 5) is 12.3. The number of nitrogens with zero attached hydrogens (tertiary/aromatic N) is 1. The normalized spacial score (nSPS) is 27.4. The third-order valence-corrected chi connectivity index (χ3v) is 3.68. The van der Waals surface area contributed by atoms with Crippen molar-refractivity contribution in [3.63, 3.8) is 0 Å². The molecule has 2 heterocycles. The summed E-state index contributed by atoms with van der Waals surface area (Å²) < 4.78 is 7.35. The molecule has 1 saturated carbocycles. The molecule has 18 heavy (non-hydrogen) atoms. The van der Waals surface area contributed by atoms with Gasteiger partial charge in [-0.15, -0.1) is 0 Å². The highest BCUT2D eigenvalue weighted by Gasteiger charge is 2.34. The van der Waals surface area contributed by atoms with E-state index in [2.05, 4.69) is 5.32 Å². The molecule has 1 aromatic rings. The highest BCUT2D eigenvalue weighted by Crippen LogP contribution is 2.37. The van der Waals surface area contributed by atoms with E-state index in [0.29, 0.717) is 30.6 Å². The number of amides is 1. The SMILES string of the molecule is CC1(NC(=O)c2cc(N)cn2C2CC2)CCOC1. The van der Waals surface area contributed by atoms with Crippen LogP contribution in [0, 0.1) is 0 Å². The van der Waals surface area contributed by atoms with Gasteiger partial charge in [0.15, 0.2) is 0 Å². The summed E-state index contributed by atoms with van der Waals surface area (Å²) in [6.45, 7) is 3.31. The number of nitrogens with one attached hydrogen (secondary N) is 1. The van der Waals surface area contributed by atoms with Gasteiger partial charge in [-0.1, -0.05) is 0 Å². The summed E-state index contributed by atoms with van der Waals surface area (Å²) in [6, 6.07) is 2.21. The zero-order valence-corrected chi connectivity index (χ0v) is 10.6. The Labute approximate surface area is 106 Å². The predicted octanol–water partition coefficient (Wildman–Crippen LogP) is 1.31. The van der Waals surface area contributed by atoms with E-state index in [1.807, 2.05) is 17.7 Å². The molecule has 0 bridgehead atoms. The molecule has 1 unspecified atom stereocenters. The number of nitrogen functional groups attached to an aromatic ring is 1. The van der Waals surface area contributed by atoms with Gasteiger partial charge in [0, 0.05) is 18.8 Å². The Morgan fingerprint density at radius 3 is 3.00 bits per heavy atom. The standard InChI is InChI=1S/C13H19N3O2/c1-13(4-5-18-8-13)15-12(17)11-6-9(14)7-16(11)10-2-3-10/h6-7,10H,2-5,8,14H2,1H3,(H,15,17). The van der Waals surface area contributed by atoms with E-state index in [0.717, 1.165) is 19.3 Å². The van der Waals surface area contributed by atoms with E-state index in [1.54, 1.807) is 6.07 Å². The number of hydrogen-bond donors (Lipinski definition) is 2. The lowest BCUT2D eigenvalue weighted by Gasteiger charge is -2.23. The first kappa shape index (κ1) is 11.6. The van der Waals surface area contributed by atoms with Crippen LogP contribution in [0.4, 0.5) is 5.69 Å². The van der Waals surface area contributed by atoms with Crippen LogP contribution in [0.1, 0.15) is 42.7 Å². The second kappa shape index (κ2) is 4.02. The van der Waals surface area contributed by atoms with Crippen LogP contribution in [0.25, 0.3) is 0 Å². The Morgan fingerprint density at radius 2 is 2.39 bits per heavy atom. The molecule has 5 nitrogen and oxygen atoms in total. The minimum Gasteiger partial charge on any atom is -0.397 e. The van der Waals surface area contributed by atoms with Gasteiger partial charge in [-0.2, -0.15) is 0 Å². The molecule has 1 saturated heterocycles. The van der Waals surface area contributed by atoms with Crippen molar-refractivity contribution in [2.75, 3.05) is 18.9 Å². The molecule has 1 aromatic heterocycles. The van der Waals surface area contributed by atoms with Crippen LogP contribution in [0.2, 0.25) is 0 Å². The second-order valence-corrected chi connectivity index (χ2v) is 5.61. The van der Waals surface area contributed by atoms with Gasteiger partial charge >= 0.3 is 0 Å². The predicted molar refractivity (Wildman–Crippen MR) is 68.4 cm³/mol. The first-order valence-corrected chi connectivity index (χ1v) is 6.45. The maximum absolute atomic E-state index is 12.3. The Hall–Kier alpha value is -1.49. The fourth-order valence-corrected chi connectivity index (χ4v) is 2.44. The summed E-state index contributed by atoms with van der Waals surface area (Å²) in [7, 11) is 0. The molecular weight excluding hydrogens is 230 g/mol. The molecule has 3 N–H and O–H groups in total. The van der Waals surface area contributed by atoms with E-state index < -0.39 is 0 Å². The van der Waals surface area contributed by atoms with Crippen molar-refractivity contribution in [2.45, 2.75) is 37.8 Å². The van der Waals surface area contributed by atoms with E-state index in [1.165, 1.54) is 0 Å². The molecule has 0 aromatic carbocycles. The van der Waals surface area contributed by atoms with Crippen LogP contribution in [-0.4, -0.2) is 29.2 Å². The van der Waals surface area contributed by atoms with Crippen LogP contribution in [0.3, 0.4) is 0 Å². The molecule has 1 aliphatic carbocycles. The Balaban J connectivity index is 1.79. The van der Waals surface area contributed by atoms with Crippen LogP contribution in [-0.2, 0) is 4.74 Å². The van der Waals surface area contributed by atoms with Gasteiger partial charge in [0.25, 0.3) is 5.91 Å². The third-order valence-electron chi connectivity index (χ3n) is 3.68. The number of hydrogen-bond acceptors (Lipinski definition) is 3. The van der Waals surface area contributed by atoms with Crippen LogP contribution < -0.4 is 11.1 Å². The molecule has 1 atom stereocenters. The minimum atomic E-state index is -0.246. The number of carbonyl (C=O) groups is 1. The molecule has 3 rings (SSSR count). The molecule has 2 aliphatic rings. The average Bonchev–Trinajstić information content (AvgIpc) is 2.96. The lowest BCUT2D eigenvalue weighted by atomic mass is 10.0. The number of nitrogens with two attached hydrogens (primary N) is 1. The fourth-order valence-electron chi connectivity index (χ4n) is 2.44. The highest BCUT2D eigenvalue weighted by molar-refractivity contribution is 5.94.